The van der Waals surface area contributed by atoms with Crippen LogP contribution in [0.3, 0.4) is 0 Å². The van der Waals surface area contributed by atoms with E-state index in [1.54, 1.807) is 0 Å². The summed E-state index contributed by atoms with van der Waals surface area (Å²) in [4.78, 5) is 11.5. The van der Waals surface area contributed by atoms with Crippen LogP contribution in [0.5, 0.6) is 0 Å². The lowest BCUT2D eigenvalue weighted by atomic mass is 10.2. The Bertz CT molecular complexity index is 181. The maximum absolute atomic E-state index is 11.5. The molecule has 1 fully saturated rings. The zero-order chi connectivity index (χ0) is 10.9. The quantitative estimate of drug-likeness (QED) is 0.649. The van der Waals surface area contributed by atoms with Crippen LogP contribution >= 0.6 is 11.8 Å². The summed E-state index contributed by atoms with van der Waals surface area (Å²) >= 11 is 1.89. The summed E-state index contributed by atoms with van der Waals surface area (Å²) in [6, 6.07) is 0.373. The predicted octanol–water partition coefficient (Wildman–Crippen LogP) is 1.39. The smallest absolute Gasteiger partial charge is 0.221 e. The molecule has 0 aromatic heterocycles. The maximum atomic E-state index is 11.5. The lowest BCUT2D eigenvalue weighted by Gasteiger charge is -2.10. The summed E-state index contributed by atoms with van der Waals surface area (Å²) in [5.41, 5.74) is 0. The maximum Gasteiger partial charge on any atom is 0.221 e. The van der Waals surface area contributed by atoms with Crippen molar-refractivity contribution in [1.29, 1.82) is 0 Å². The van der Waals surface area contributed by atoms with E-state index in [2.05, 4.69) is 17.6 Å². The van der Waals surface area contributed by atoms with Crippen LogP contribution in [0.1, 0.15) is 32.6 Å². The van der Waals surface area contributed by atoms with Crippen LogP contribution < -0.4 is 10.6 Å². The largest absolute Gasteiger partial charge is 0.352 e. The fourth-order valence-electron chi connectivity index (χ4n) is 1.59. The lowest BCUT2D eigenvalue weighted by Crippen LogP contribution is -2.36. The molecule has 0 aromatic carbocycles. The van der Waals surface area contributed by atoms with Gasteiger partial charge in [-0.3, -0.25) is 4.79 Å². The summed E-state index contributed by atoms with van der Waals surface area (Å²) in [7, 11) is 0. The van der Waals surface area contributed by atoms with Crippen molar-refractivity contribution in [1.82, 2.24) is 10.6 Å². The van der Waals surface area contributed by atoms with Gasteiger partial charge in [0, 0.05) is 24.8 Å². The number of carbonyl (C=O) groups is 1. The van der Waals surface area contributed by atoms with Gasteiger partial charge in [-0.25, -0.2) is 0 Å². The molecule has 0 spiro atoms. The molecule has 4 heteroatoms. The van der Waals surface area contributed by atoms with Crippen molar-refractivity contribution in [3.63, 3.8) is 0 Å². The molecule has 0 aromatic rings. The van der Waals surface area contributed by atoms with Gasteiger partial charge < -0.3 is 10.6 Å². The van der Waals surface area contributed by atoms with Gasteiger partial charge in [0.15, 0.2) is 0 Å². The first-order valence-electron chi connectivity index (χ1n) is 5.90. The van der Waals surface area contributed by atoms with Gasteiger partial charge >= 0.3 is 0 Å². The molecule has 0 aliphatic carbocycles. The monoisotopic (exact) mass is 230 g/mol. The minimum Gasteiger partial charge on any atom is -0.352 e. The second-order valence-corrected chi connectivity index (χ2v) is 5.20. The van der Waals surface area contributed by atoms with Crippen LogP contribution in [0.4, 0.5) is 0 Å². The first kappa shape index (κ1) is 12.8. The van der Waals surface area contributed by atoms with E-state index in [9.17, 15) is 4.79 Å². The molecule has 0 bridgehead atoms. The normalized spacial score (nSPS) is 20.5. The minimum absolute atomic E-state index is 0.215. The highest BCUT2D eigenvalue weighted by atomic mass is 32.2. The van der Waals surface area contributed by atoms with Crippen molar-refractivity contribution < 1.29 is 4.79 Å². The Hall–Kier alpha value is -0.220. The van der Waals surface area contributed by atoms with E-state index in [4.69, 9.17) is 0 Å². The number of hydrogen-bond donors (Lipinski definition) is 2. The van der Waals surface area contributed by atoms with Crippen LogP contribution in [0.15, 0.2) is 0 Å². The number of nitrogens with one attached hydrogen (secondary N) is 2. The zero-order valence-corrected chi connectivity index (χ0v) is 10.4. The zero-order valence-electron chi connectivity index (χ0n) is 9.55. The van der Waals surface area contributed by atoms with E-state index < -0.39 is 0 Å². The molecule has 2 N–H and O–H groups in total. The average molecular weight is 230 g/mol. The summed E-state index contributed by atoms with van der Waals surface area (Å²) in [5, 5.41) is 6.30. The second-order valence-electron chi connectivity index (χ2n) is 3.97. The molecule has 0 radical (unpaired) electrons. The molecule has 1 saturated heterocycles. The van der Waals surface area contributed by atoms with Crippen LogP contribution in [-0.2, 0) is 4.79 Å². The molecule has 1 aliphatic heterocycles. The summed E-state index contributed by atoms with van der Waals surface area (Å²) in [6.45, 7) is 4.17. The van der Waals surface area contributed by atoms with Gasteiger partial charge in [-0.15, -0.1) is 0 Å². The van der Waals surface area contributed by atoms with Crippen LogP contribution in [0.2, 0.25) is 0 Å². The van der Waals surface area contributed by atoms with E-state index >= 15 is 0 Å². The molecule has 3 nitrogen and oxygen atoms in total. The SMILES string of the molecule is CCCCSCCC(=O)NC1CCNC1. The Morgan fingerprint density at radius 2 is 2.40 bits per heavy atom. The number of amides is 1. The molecular formula is C11H22N2OS. The summed E-state index contributed by atoms with van der Waals surface area (Å²) < 4.78 is 0. The van der Waals surface area contributed by atoms with Gasteiger partial charge in [0.25, 0.3) is 0 Å². The molecule has 1 unspecified atom stereocenters. The highest BCUT2D eigenvalue weighted by Gasteiger charge is 2.15. The summed E-state index contributed by atoms with van der Waals surface area (Å²) in [5.74, 6) is 2.37. The molecular weight excluding hydrogens is 208 g/mol. The van der Waals surface area contributed by atoms with Gasteiger partial charge in [-0.2, -0.15) is 11.8 Å². The van der Waals surface area contributed by atoms with Gasteiger partial charge in [-0.1, -0.05) is 13.3 Å². The predicted molar refractivity (Wildman–Crippen MR) is 66.3 cm³/mol. The highest BCUT2D eigenvalue weighted by molar-refractivity contribution is 7.99. The standard InChI is InChI=1S/C11H22N2OS/c1-2-3-7-15-8-5-11(14)13-10-4-6-12-9-10/h10,12H,2-9H2,1H3,(H,13,14). The fraction of sp³-hybridized carbons (Fsp3) is 0.909. The number of carbonyl (C=O) groups excluding carboxylic acids is 1. The first-order valence-corrected chi connectivity index (χ1v) is 7.06. The van der Waals surface area contributed by atoms with E-state index in [-0.39, 0.29) is 5.91 Å². The van der Waals surface area contributed by atoms with E-state index in [0.29, 0.717) is 12.5 Å². The third kappa shape index (κ3) is 6.05. The average Bonchev–Trinajstić information content (AvgIpc) is 2.70. The Kier molecular flexibility index (Phi) is 6.85. The molecule has 1 heterocycles. The van der Waals surface area contributed by atoms with Gasteiger partial charge in [0.05, 0.1) is 0 Å². The van der Waals surface area contributed by atoms with Crippen molar-refractivity contribution >= 4 is 17.7 Å². The van der Waals surface area contributed by atoms with Crippen LogP contribution in [0, 0.1) is 0 Å². The van der Waals surface area contributed by atoms with Crippen molar-refractivity contribution in [3.8, 4) is 0 Å². The van der Waals surface area contributed by atoms with Gasteiger partial charge in [-0.05, 0) is 25.1 Å². The molecule has 15 heavy (non-hydrogen) atoms. The van der Waals surface area contributed by atoms with Crippen molar-refractivity contribution in [3.05, 3.63) is 0 Å². The molecule has 1 amide bonds. The van der Waals surface area contributed by atoms with Crippen LogP contribution in [0.25, 0.3) is 0 Å². The van der Waals surface area contributed by atoms with E-state index in [1.165, 1.54) is 18.6 Å². The van der Waals surface area contributed by atoms with Gasteiger partial charge in [0.1, 0.15) is 0 Å². The van der Waals surface area contributed by atoms with E-state index in [1.807, 2.05) is 11.8 Å². The topological polar surface area (TPSA) is 41.1 Å². The summed E-state index contributed by atoms with van der Waals surface area (Å²) in [6.07, 6.45) is 4.26. The van der Waals surface area contributed by atoms with Crippen molar-refractivity contribution in [2.75, 3.05) is 24.6 Å². The number of thioether (sulfide) groups is 1. The van der Waals surface area contributed by atoms with Gasteiger partial charge in [0.2, 0.25) is 5.91 Å². The Labute approximate surface area is 96.8 Å². The third-order valence-electron chi connectivity index (χ3n) is 2.54. The Morgan fingerprint density at radius 1 is 1.53 bits per heavy atom. The molecule has 1 atom stereocenters. The minimum atomic E-state index is 0.215. The lowest BCUT2D eigenvalue weighted by molar-refractivity contribution is -0.121. The molecule has 0 saturated carbocycles. The second kappa shape index (κ2) is 7.99. The number of rotatable bonds is 7. The molecule has 1 aliphatic rings. The Balaban J connectivity index is 1.93. The Morgan fingerprint density at radius 3 is 3.07 bits per heavy atom. The molecule has 1 rings (SSSR count). The third-order valence-corrected chi connectivity index (χ3v) is 3.61. The number of unbranched alkanes of at least 4 members (excludes halogenated alkanes) is 1. The fourth-order valence-corrected chi connectivity index (χ4v) is 2.62. The first-order chi connectivity index (χ1) is 7.33. The highest BCUT2D eigenvalue weighted by Crippen LogP contribution is 2.06. The van der Waals surface area contributed by atoms with E-state index in [0.717, 1.165) is 25.3 Å². The van der Waals surface area contributed by atoms with Crippen molar-refractivity contribution in [2.24, 2.45) is 0 Å². The van der Waals surface area contributed by atoms with Crippen molar-refractivity contribution in [2.45, 2.75) is 38.6 Å². The van der Waals surface area contributed by atoms with Crippen LogP contribution in [-0.4, -0.2) is 36.5 Å². The number of hydrogen-bond acceptors (Lipinski definition) is 3. The molecule has 88 valence electrons.